The summed E-state index contributed by atoms with van der Waals surface area (Å²) < 4.78 is 5.55. The maximum atomic E-state index is 12.6. The molecule has 2 unspecified atom stereocenters. The van der Waals surface area contributed by atoms with Gasteiger partial charge in [0.1, 0.15) is 12.1 Å². The van der Waals surface area contributed by atoms with E-state index in [2.05, 4.69) is 0 Å². The summed E-state index contributed by atoms with van der Waals surface area (Å²) in [5.74, 6) is 0.354. The molecule has 2 atom stereocenters. The number of fused-ring (bicyclic) bond motifs is 1. The van der Waals surface area contributed by atoms with Gasteiger partial charge in [0, 0.05) is 13.1 Å². The van der Waals surface area contributed by atoms with Crippen molar-refractivity contribution in [3.05, 3.63) is 0 Å². The van der Waals surface area contributed by atoms with Gasteiger partial charge < -0.3 is 14.5 Å². The molecular formula is C15H26N2O3. The largest absolute Gasteiger partial charge is 0.377 e. The van der Waals surface area contributed by atoms with Crippen LogP contribution in [0.2, 0.25) is 0 Å². The van der Waals surface area contributed by atoms with Gasteiger partial charge in [0.05, 0.1) is 12.7 Å². The second kappa shape index (κ2) is 6.12. The Bertz CT molecular complexity index is 381. The van der Waals surface area contributed by atoms with E-state index in [0.717, 1.165) is 19.4 Å². The van der Waals surface area contributed by atoms with Gasteiger partial charge in [-0.1, -0.05) is 13.8 Å². The molecule has 2 amide bonds. The quantitative estimate of drug-likeness (QED) is 0.763. The third-order valence-electron chi connectivity index (χ3n) is 4.11. The van der Waals surface area contributed by atoms with Gasteiger partial charge in [-0.2, -0.15) is 0 Å². The smallest absolute Gasteiger partial charge is 0.246 e. The van der Waals surface area contributed by atoms with Crippen molar-refractivity contribution in [2.45, 2.75) is 58.7 Å². The Morgan fingerprint density at radius 1 is 1.20 bits per heavy atom. The molecule has 2 heterocycles. The van der Waals surface area contributed by atoms with Crippen molar-refractivity contribution in [3.8, 4) is 0 Å². The number of ether oxygens (including phenoxy) is 1. The van der Waals surface area contributed by atoms with Gasteiger partial charge >= 0.3 is 0 Å². The van der Waals surface area contributed by atoms with Crippen molar-refractivity contribution in [1.82, 2.24) is 9.80 Å². The topological polar surface area (TPSA) is 49.9 Å². The summed E-state index contributed by atoms with van der Waals surface area (Å²) in [6, 6.07) is -0.552. The number of carbonyl (C=O) groups is 2. The highest BCUT2D eigenvalue weighted by molar-refractivity contribution is 5.97. The molecule has 2 saturated heterocycles. The van der Waals surface area contributed by atoms with E-state index in [4.69, 9.17) is 4.74 Å². The number of piperazine rings is 1. The highest BCUT2D eigenvalue weighted by Crippen LogP contribution is 2.29. The van der Waals surface area contributed by atoms with E-state index in [9.17, 15) is 9.59 Å². The van der Waals surface area contributed by atoms with Crippen LogP contribution in [0.4, 0.5) is 0 Å². The molecule has 20 heavy (non-hydrogen) atoms. The van der Waals surface area contributed by atoms with Crippen LogP contribution >= 0.6 is 0 Å². The van der Waals surface area contributed by atoms with Crippen LogP contribution in [0.3, 0.4) is 0 Å². The molecule has 0 aromatic heterocycles. The first-order valence-corrected chi connectivity index (χ1v) is 7.66. The minimum atomic E-state index is -0.326. The van der Waals surface area contributed by atoms with E-state index < -0.39 is 0 Å². The number of carbonyl (C=O) groups excluding carboxylic acids is 2. The van der Waals surface area contributed by atoms with Crippen molar-refractivity contribution in [1.29, 1.82) is 0 Å². The van der Waals surface area contributed by atoms with Crippen LogP contribution in [0.1, 0.15) is 40.5 Å². The van der Waals surface area contributed by atoms with Gasteiger partial charge in [-0.25, -0.2) is 0 Å². The standard InChI is InChI=1S/C15H26N2O3/c1-10(2)13-15(19)16-7-5-6-12(16)14(18)17(13)8-9-20-11(3)4/h10-13H,5-9H2,1-4H3. The summed E-state index contributed by atoms with van der Waals surface area (Å²) in [5.41, 5.74) is 0. The first kappa shape index (κ1) is 15.3. The molecule has 0 aromatic carbocycles. The molecular weight excluding hydrogens is 256 g/mol. The molecule has 0 radical (unpaired) electrons. The van der Waals surface area contributed by atoms with E-state index >= 15 is 0 Å². The summed E-state index contributed by atoms with van der Waals surface area (Å²) in [4.78, 5) is 28.7. The normalized spacial score (nSPS) is 26.9. The highest BCUT2D eigenvalue weighted by Gasteiger charge is 2.48. The molecule has 0 aliphatic carbocycles. The van der Waals surface area contributed by atoms with E-state index in [-0.39, 0.29) is 35.9 Å². The maximum absolute atomic E-state index is 12.6. The van der Waals surface area contributed by atoms with Crippen LogP contribution in [-0.2, 0) is 14.3 Å². The summed E-state index contributed by atoms with van der Waals surface area (Å²) >= 11 is 0. The average Bonchev–Trinajstić information content (AvgIpc) is 2.84. The van der Waals surface area contributed by atoms with Gasteiger partial charge in [0.15, 0.2) is 0 Å². The Kier molecular flexibility index (Phi) is 4.68. The Hall–Kier alpha value is -1.10. The number of amides is 2. The molecule has 5 heteroatoms. The van der Waals surface area contributed by atoms with E-state index in [1.54, 1.807) is 9.80 Å². The Balaban J connectivity index is 2.12. The molecule has 2 rings (SSSR count). The average molecular weight is 282 g/mol. The van der Waals surface area contributed by atoms with Crippen molar-refractivity contribution < 1.29 is 14.3 Å². The zero-order valence-corrected chi connectivity index (χ0v) is 13.0. The second-order valence-corrected chi connectivity index (χ2v) is 6.33. The predicted molar refractivity (Wildman–Crippen MR) is 76.2 cm³/mol. The third-order valence-corrected chi connectivity index (χ3v) is 4.11. The molecule has 2 aliphatic heterocycles. The lowest BCUT2D eigenvalue weighted by molar-refractivity contribution is -0.162. The summed E-state index contributed by atoms with van der Waals surface area (Å²) in [6.07, 6.45) is 1.88. The second-order valence-electron chi connectivity index (χ2n) is 6.33. The minimum absolute atomic E-state index is 0.105. The van der Waals surface area contributed by atoms with Crippen LogP contribution in [-0.4, -0.2) is 59.5 Å². The van der Waals surface area contributed by atoms with Crippen LogP contribution in [0.25, 0.3) is 0 Å². The fourth-order valence-corrected chi connectivity index (χ4v) is 3.20. The zero-order valence-electron chi connectivity index (χ0n) is 13.0. The summed E-state index contributed by atoms with van der Waals surface area (Å²) in [5, 5.41) is 0. The molecule has 0 spiro atoms. The van der Waals surface area contributed by atoms with Crippen LogP contribution in [0.15, 0.2) is 0 Å². The SMILES string of the molecule is CC(C)OCCN1C(=O)C2CCCN2C(=O)C1C(C)C. The minimum Gasteiger partial charge on any atom is -0.377 e. The number of hydrogen-bond acceptors (Lipinski definition) is 3. The molecule has 0 aromatic rings. The highest BCUT2D eigenvalue weighted by atomic mass is 16.5. The number of rotatable bonds is 5. The molecule has 2 aliphatic rings. The molecule has 2 fully saturated rings. The van der Waals surface area contributed by atoms with Gasteiger partial charge in [0.25, 0.3) is 0 Å². The molecule has 0 N–H and O–H groups in total. The van der Waals surface area contributed by atoms with Crippen molar-refractivity contribution in [3.63, 3.8) is 0 Å². The van der Waals surface area contributed by atoms with Crippen LogP contribution < -0.4 is 0 Å². The fourth-order valence-electron chi connectivity index (χ4n) is 3.20. The van der Waals surface area contributed by atoms with Crippen LogP contribution in [0, 0.1) is 5.92 Å². The Morgan fingerprint density at radius 3 is 2.50 bits per heavy atom. The van der Waals surface area contributed by atoms with Crippen molar-refractivity contribution >= 4 is 11.8 Å². The summed E-state index contributed by atoms with van der Waals surface area (Å²) in [7, 11) is 0. The Morgan fingerprint density at radius 2 is 1.90 bits per heavy atom. The lowest BCUT2D eigenvalue weighted by Gasteiger charge is -2.44. The maximum Gasteiger partial charge on any atom is 0.246 e. The van der Waals surface area contributed by atoms with Gasteiger partial charge in [-0.3, -0.25) is 9.59 Å². The zero-order chi connectivity index (χ0) is 14.9. The van der Waals surface area contributed by atoms with Crippen molar-refractivity contribution in [2.24, 2.45) is 5.92 Å². The predicted octanol–water partition coefficient (Wildman–Crippen LogP) is 1.27. The van der Waals surface area contributed by atoms with Gasteiger partial charge in [0.2, 0.25) is 11.8 Å². The first-order chi connectivity index (χ1) is 9.43. The molecule has 0 bridgehead atoms. The fraction of sp³-hybridized carbons (Fsp3) is 0.867. The third kappa shape index (κ3) is 2.82. The Labute approximate surface area is 121 Å². The first-order valence-electron chi connectivity index (χ1n) is 7.66. The van der Waals surface area contributed by atoms with Gasteiger partial charge in [-0.05, 0) is 32.6 Å². The lowest BCUT2D eigenvalue weighted by Crippen LogP contribution is -2.64. The van der Waals surface area contributed by atoms with Crippen molar-refractivity contribution in [2.75, 3.05) is 19.7 Å². The van der Waals surface area contributed by atoms with Crippen LogP contribution in [0.5, 0.6) is 0 Å². The van der Waals surface area contributed by atoms with E-state index in [1.165, 1.54) is 0 Å². The van der Waals surface area contributed by atoms with E-state index in [1.807, 2.05) is 27.7 Å². The molecule has 114 valence electrons. The van der Waals surface area contributed by atoms with E-state index in [0.29, 0.717) is 13.2 Å². The molecule has 0 saturated carbocycles. The lowest BCUT2D eigenvalue weighted by atomic mass is 9.96. The molecule has 5 nitrogen and oxygen atoms in total. The summed E-state index contributed by atoms with van der Waals surface area (Å²) in [6.45, 7) is 9.69. The number of hydrogen-bond donors (Lipinski definition) is 0. The monoisotopic (exact) mass is 282 g/mol. The van der Waals surface area contributed by atoms with Gasteiger partial charge in [-0.15, -0.1) is 0 Å². The number of nitrogens with zero attached hydrogens (tertiary/aromatic N) is 2.